The molecule has 0 aliphatic heterocycles. The number of nitrogens with one attached hydrogen (secondary N) is 2. The van der Waals surface area contributed by atoms with E-state index in [2.05, 4.69) is 15.6 Å². The first-order valence-electron chi connectivity index (χ1n) is 14.7. The van der Waals surface area contributed by atoms with Crippen LogP contribution in [0.3, 0.4) is 0 Å². The number of phenols is 1. The molecule has 0 saturated carbocycles. The summed E-state index contributed by atoms with van der Waals surface area (Å²) in [6, 6.07) is 1.65. The zero-order valence-corrected chi connectivity index (χ0v) is 27.7. The number of benzene rings is 1. The smallest absolute Gasteiger partial charge is 0.410 e. The second-order valence-corrected chi connectivity index (χ2v) is 12.0. The minimum atomic E-state index is -1.76. The van der Waals surface area contributed by atoms with E-state index < -0.39 is 71.0 Å². The van der Waals surface area contributed by atoms with Gasteiger partial charge in [0.1, 0.15) is 30.0 Å². The van der Waals surface area contributed by atoms with Gasteiger partial charge < -0.3 is 41.6 Å². The molecule has 1 aromatic carbocycles. The lowest BCUT2D eigenvalue weighted by Gasteiger charge is -2.29. The number of hydrazine groups is 1. The van der Waals surface area contributed by atoms with E-state index in [1.54, 1.807) is 46.8 Å². The third kappa shape index (κ3) is 13.8. The second-order valence-electron chi connectivity index (χ2n) is 12.0. The van der Waals surface area contributed by atoms with Gasteiger partial charge in [-0.2, -0.15) is 0 Å². The molecule has 0 aliphatic rings. The molecule has 0 aromatic heterocycles. The third-order valence-corrected chi connectivity index (χ3v) is 6.46. The summed E-state index contributed by atoms with van der Waals surface area (Å²) in [5.74, 6) is -4.69. The number of guanidine groups is 1. The molecule has 262 valence electrons. The minimum Gasteiger partial charge on any atom is -0.508 e. The molecule has 0 spiro atoms. The maximum atomic E-state index is 13.7. The largest absolute Gasteiger partial charge is 0.508 e. The molecule has 1 aromatic rings. The maximum Gasteiger partial charge on any atom is 0.410 e. The average Bonchev–Trinajstić information content (AvgIpc) is 2.95. The van der Waals surface area contributed by atoms with Gasteiger partial charge >= 0.3 is 18.0 Å². The van der Waals surface area contributed by atoms with Gasteiger partial charge in [0.15, 0.2) is 17.0 Å². The topological polar surface area (TPSA) is 262 Å². The lowest BCUT2D eigenvalue weighted by Crippen LogP contribution is -2.60. The fourth-order valence-electron chi connectivity index (χ4n) is 4.16. The maximum absolute atomic E-state index is 13.7. The number of esters is 1. The Balaban J connectivity index is 3.32. The van der Waals surface area contributed by atoms with E-state index in [0.717, 1.165) is 12.0 Å². The number of hydrogen-bond acceptors (Lipinski definition) is 11. The van der Waals surface area contributed by atoms with Crippen LogP contribution < -0.4 is 22.1 Å². The molecule has 18 heteroatoms. The molecule has 0 saturated heterocycles. The standard InChI is InChI=1S/C29H46N8O10/c1-17(2)23(25(41)33-20(26(42)46-7)15-18-10-12-19(38)13-11-18)34-24(40)21(9-8-14-32-27(30)31)36(37(44)45)22(39)16-35(6)28(43)47-29(3,4)5/h10-13,17,20-21,23,38H,8-9,14-16H2,1-7H3,(H,33,41)(H,34,40)(H4,30,31,32)/t20-,21-,23-/m0/s1. The van der Waals surface area contributed by atoms with E-state index in [-0.39, 0.29) is 42.5 Å². The van der Waals surface area contributed by atoms with E-state index in [1.165, 1.54) is 19.2 Å². The van der Waals surface area contributed by atoms with E-state index in [4.69, 9.17) is 20.9 Å². The first kappa shape index (κ1) is 39.9. The van der Waals surface area contributed by atoms with Crippen LogP contribution in [0.5, 0.6) is 5.75 Å². The highest BCUT2D eigenvalue weighted by Crippen LogP contribution is 2.15. The number of amides is 4. The molecule has 0 unspecified atom stereocenters. The number of carbonyl (C=O) groups is 5. The average molecular weight is 667 g/mol. The van der Waals surface area contributed by atoms with Gasteiger partial charge in [-0.3, -0.25) is 19.4 Å². The number of aromatic hydroxyl groups is 1. The van der Waals surface area contributed by atoms with Gasteiger partial charge in [0.25, 0.3) is 0 Å². The normalized spacial score (nSPS) is 12.9. The predicted octanol–water partition coefficient (Wildman–Crippen LogP) is 0.0427. The number of likely N-dealkylation sites (N-methyl/N-ethyl adjacent to an activating group) is 1. The van der Waals surface area contributed by atoms with Crippen LogP contribution in [0, 0.1) is 16.0 Å². The van der Waals surface area contributed by atoms with Gasteiger partial charge in [0.2, 0.25) is 11.8 Å². The Labute approximate surface area is 272 Å². The van der Waals surface area contributed by atoms with Crippen molar-refractivity contribution in [3.8, 4) is 5.75 Å². The Morgan fingerprint density at radius 1 is 1.06 bits per heavy atom. The van der Waals surface area contributed by atoms with Gasteiger partial charge in [-0.05, 0) is 62.2 Å². The number of hydrogen-bond donors (Lipinski definition) is 5. The van der Waals surface area contributed by atoms with E-state index >= 15 is 0 Å². The van der Waals surface area contributed by atoms with Crippen molar-refractivity contribution in [3.63, 3.8) is 0 Å². The Bertz CT molecular complexity index is 1290. The SMILES string of the molecule is COC(=O)[C@H](Cc1ccc(O)cc1)NC(=O)[C@@H](NC(=O)[C@H](CCCN=C(N)N)N(C(=O)CN(C)C(=O)OC(C)(C)C)[N+](=O)[O-])C(C)C. The number of phenolic OH excluding ortho intramolecular Hbond substituents is 1. The van der Waals surface area contributed by atoms with Crippen molar-refractivity contribution in [2.45, 2.75) is 77.6 Å². The van der Waals surface area contributed by atoms with Crippen LogP contribution in [-0.2, 0) is 35.1 Å². The minimum absolute atomic E-state index is 0.00146. The number of carbonyl (C=O) groups excluding carboxylic acids is 5. The molecule has 0 heterocycles. The number of ether oxygens (including phenoxy) is 2. The monoisotopic (exact) mass is 666 g/mol. The van der Waals surface area contributed by atoms with E-state index in [9.17, 15) is 39.2 Å². The van der Waals surface area contributed by atoms with Crippen LogP contribution in [0.1, 0.15) is 53.0 Å². The summed E-state index contributed by atoms with van der Waals surface area (Å²) in [5, 5.41) is 25.8. The fourth-order valence-corrected chi connectivity index (χ4v) is 4.16. The van der Waals surface area contributed by atoms with Crippen molar-refractivity contribution in [2.75, 3.05) is 27.2 Å². The van der Waals surface area contributed by atoms with Crippen LogP contribution in [-0.4, -0.2) is 107 Å². The molecule has 7 N–H and O–H groups in total. The number of aliphatic imine (C=N–C) groups is 1. The zero-order chi connectivity index (χ0) is 36.1. The van der Waals surface area contributed by atoms with Gasteiger partial charge in [0, 0.05) is 20.0 Å². The highest BCUT2D eigenvalue weighted by Gasteiger charge is 2.41. The number of rotatable bonds is 16. The molecule has 4 amide bonds. The Kier molecular flexibility index (Phi) is 15.4. The highest BCUT2D eigenvalue weighted by molar-refractivity contribution is 5.94. The first-order valence-corrected chi connectivity index (χ1v) is 14.7. The summed E-state index contributed by atoms with van der Waals surface area (Å²) >= 11 is 0. The van der Waals surface area contributed by atoms with Crippen LogP contribution in [0.4, 0.5) is 4.79 Å². The molecule has 0 fully saturated rings. The summed E-state index contributed by atoms with van der Waals surface area (Å²) in [4.78, 5) is 82.0. The summed E-state index contributed by atoms with van der Waals surface area (Å²) in [6.07, 6.45) is -1.22. The molecular weight excluding hydrogens is 620 g/mol. The first-order chi connectivity index (χ1) is 21.8. The molecule has 1 rings (SSSR count). The van der Waals surface area contributed by atoms with Gasteiger partial charge in [-0.1, -0.05) is 26.0 Å². The van der Waals surface area contributed by atoms with Crippen molar-refractivity contribution in [1.29, 1.82) is 0 Å². The van der Waals surface area contributed by atoms with E-state index in [1.807, 2.05) is 0 Å². The molecule has 47 heavy (non-hydrogen) atoms. The summed E-state index contributed by atoms with van der Waals surface area (Å²) in [6.45, 7) is 7.15. The number of methoxy groups -OCH3 is 1. The second kappa shape index (κ2) is 18.1. The zero-order valence-electron chi connectivity index (χ0n) is 27.7. The fraction of sp³-hybridized carbons (Fsp3) is 0.586. The Morgan fingerprint density at radius 3 is 2.15 bits per heavy atom. The molecule has 3 atom stereocenters. The number of nitro groups is 1. The summed E-state index contributed by atoms with van der Waals surface area (Å²) in [7, 11) is 2.34. The van der Waals surface area contributed by atoms with Crippen molar-refractivity contribution in [1.82, 2.24) is 20.5 Å². The highest BCUT2D eigenvalue weighted by atomic mass is 16.7. The van der Waals surface area contributed by atoms with Crippen molar-refractivity contribution in [2.24, 2.45) is 22.4 Å². The molecule has 0 bridgehead atoms. The van der Waals surface area contributed by atoms with Gasteiger partial charge in [-0.15, -0.1) is 0 Å². The van der Waals surface area contributed by atoms with Crippen molar-refractivity contribution in [3.05, 3.63) is 39.9 Å². The van der Waals surface area contributed by atoms with Crippen molar-refractivity contribution >= 4 is 35.7 Å². The van der Waals surface area contributed by atoms with Crippen LogP contribution in [0.15, 0.2) is 29.3 Å². The Morgan fingerprint density at radius 2 is 1.66 bits per heavy atom. The van der Waals surface area contributed by atoms with Gasteiger partial charge in [0.05, 0.1) is 7.11 Å². The third-order valence-electron chi connectivity index (χ3n) is 6.46. The lowest BCUT2D eigenvalue weighted by molar-refractivity contribution is -0.640. The molecular formula is C29H46N8O10. The van der Waals surface area contributed by atoms with Crippen LogP contribution >= 0.6 is 0 Å². The summed E-state index contributed by atoms with van der Waals surface area (Å²) in [5.41, 5.74) is 10.4. The molecule has 0 aliphatic carbocycles. The number of nitrogens with two attached hydrogens (primary N) is 2. The molecule has 0 radical (unpaired) electrons. The van der Waals surface area contributed by atoms with E-state index in [0.29, 0.717) is 5.56 Å². The molecule has 18 nitrogen and oxygen atoms in total. The van der Waals surface area contributed by atoms with Crippen LogP contribution in [0.2, 0.25) is 0 Å². The predicted molar refractivity (Wildman–Crippen MR) is 169 cm³/mol. The van der Waals surface area contributed by atoms with Crippen molar-refractivity contribution < 1.29 is 43.6 Å². The van der Waals surface area contributed by atoms with Gasteiger partial charge in [-0.25, -0.2) is 19.7 Å². The summed E-state index contributed by atoms with van der Waals surface area (Å²) < 4.78 is 10.0. The Hall–Kier alpha value is -5.16. The lowest BCUT2D eigenvalue weighted by atomic mass is 10.00. The number of nitrogens with zero attached hydrogens (tertiary/aromatic N) is 4. The van der Waals surface area contributed by atoms with Crippen LogP contribution in [0.25, 0.3) is 0 Å². The quantitative estimate of drug-likeness (QED) is 0.0391.